The summed E-state index contributed by atoms with van der Waals surface area (Å²) in [7, 11) is 1.98. The van der Waals surface area contributed by atoms with Gasteiger partial charge in [0.25, 0.3) is 5.91 Å². The molecule has 30 heavy (non-hydrogen) atoms. The molecule has 1 aromatic heterocycles. The van der Waals surface area contributed by atoms with E-state index >= 15 is 0 Å². The van der Waals surface area contributed by atoms with Crippen LogP contribution in [0.25, 0.3) is 0 Å². The molecule has 0 atom stereocenters. The molecular weight excluding hydrogens is 374 g/mol. The van der Waals surface area contributed by atoms with E-state index in [-0.39, 0.29) is 11.4 Å². The van der Waals surface area contributed by atoms with Crippen LogP contribution in [-0.2, 0) is 11.8 Å². The van der Waals surface area contributed by atoms with Gasteiger partial charge in [0, 0.05) is 48.4 Å². The lowest BCUT2D eigenvalue weighted by Gasteiger charge is -2.33. The van der Waals surface area contributed by atoms with E-state index in [4.69, 9.17) is 0 Å². The zero-order valence-electron chi connectivity index (χ0n) is 19.5. The van der Waals surface area contributed by atoms with Crippen LogP contribution in [-0.4, -0.2) is 45.9 Å². The van der Waals surface area contributed by atoms with Crippen LogP contribution in [0.15, 0.2) is 33.6 Å². The van der Waals surface area contributed by atoms with Crippen LogP contribution in [0, 0.1) is 6.92 Å². The number of aliphatic imine (C=N–C) groups is 1. The van der Waals surface area contributed by atoms with Crippen molar-refractivity contribution < 1.29 is 4.79 Å². The van der Waals surface area contributed by atoms with E-state index in [2.05, 4.69) is 49.0 Å². The highest BCUT2D eigenvalue weighted by atomic mass is 16.2. The highest BCUT2D eigenvalue weighted by Crippen LogP contribution is 2.37. The number of nitrogens with one attached hydrogen (secondary N) is 1. The second kappa shape index (κ2) is 8.78. The van der Waals surface area contributed by atoms with Crippen LogP contribution in [0.2, 0.25) is 0 Å². The molecule has 1 saturated heterocycles. The number of rotatable bonds is 7. The number of hydrogen-bond acceptors (Lipinski definition) is 4. The zero-order chi connectivity index (χ0) is 22.1. The number of aryl methyl sites for hydroxylation is 2. The van der Waals surface area contributed by atoms with Crippen molar-refractivity contribution in [1.82, 2.24) is 20.0 Å². The minimum Gasteiger partial charge on any atom is -0.365 e. The first kappa shape index (κ1) is 22.3. The minimum atomic E-state index is 0.0892. The summed E-state index contributed by atoms with van der Waals surface area (Å²) in [4.78, 5) is 19.9. The Morgan fingerprint density at radius 3 is 2.40 bits per heavy atom. The highest BCUT2D eigenvalue weighted by Gasteiger charge is 2.38. The fourth-order valence-electron chi connectivity index (χ4n) is 4.24. The van der Waals surface area contributed by atoms with Gasteiger partial charge in [-0.15, -0.1) is 0 Å². The Labute approximate surface area is 181 Å². The van der Waals surface area contributed by atoms with Crippen molar-refractivity contribution in [2.75, 3.05) is 13.1 Å². The van der Waals surface area contributed by atoms with Crippen molar-refractivity contribution >= 4 is 12.6 Å². The van der Waals surface area contributed by atoms with E-state index in [1.54, 1.807) is 0 Å². The van der Waals surface area contributed by atoms with E-state index in [1.165, 1.54) is 5.69 Å². The number of allylic oxidation sites excluding steroid dienone is 1. The van der Waals surface area contributed by atoms with E-state index in [1.807, 2.05) is 30.5 Å². The summed E-state index contributed by atoms with van der Waals surface area (Å²) in [6, 6.07) is 2.17. The lowest BCUT2D eigenvalue weighted by molar-refractivity contribution is -0.128. The molecule has 1 aliphatic carbocycles. The largest absolute Gasteiger partial charge is 0.365 e. The average Bonchev–Trinajstić information content (AvgIpc) is 3.36. The van der Waals surface area contributed by atoms with Gasteiger partial charge in [0.15, 0.2) is 0 Å². The number of piperidine rings is 1. The predicted molar refractivity (Wildman–Crippen MR) is 123 cm³/mol. The quantitative estimate of drug-likeness (QED) is 0.415. The number of carbonyl (C=O) groups is 1. The first-order valence-corrected chi connectivity index (χ1v) is 11.1. The second-order valence-electron chi connectivity index (χ2n) is 9.30. The maximum absolute atomic E-state index is 13.6. The third-order valence-electron chi connectivity index (χ3n) is 6.57. The van der Waals surface area contributed by atoms with Gasteiger partial charge in [0.05, 0.1) is 5.69 Å². The maximum Gasteiger partial charge on any atom is 0.254 e. The molecule has 0 radical (unpaired) electrons. The lowest BCUT2D eigenvalue weighted by atomic mass is 9.91. The summed E-state index contributed by atoms with van der Waals surface area (Å²) in [5, 5.41) is 8.18. The first-order chi connectivity index (χ1) is 14.2. The maximum atomic E-state index is 13.6. The molecule has 6 nitrogen and oxygen atoms in total. The highest BCUT2D eigenvalue weighted by molar-refractivity contribution is 5.98. The number of amides is 1. The molecule has 3 rings (SSSR count). The van der Waals surface area contributed by atoms with Crippen LogP contribution < -0.4 is 5.32 Å². The molecule has 0 bridgehead atoms. The van der Waals surface area contributed by atoms with Gasteiger partial charge in [0.1, 0.15) is 5.82 Å². The predicted octanol–water partition coefficient (Wildman–Crippen LogP) is 4.24. The first-order valence-electron chi connectivity index (χ1n) is 11.1. The third kappa shape index (κ3) is 4.68. The van der Waals surface area contributed by atoms with Crippen molar-refractivity contribution in [3.05, 3.63) is 40.0 Å². The molecule has 1 saturated carbocycles. The summed E-state index contributed by atoms with van der Waals surface area (Å²) in [5.41, 5.74) is 5.22. The molecule has 1 aliphatic heterocycles. The summed E-state index contributed by atoms with van der Waals surface area (Å²) in [6.45, 7) is 15.7. The molecule has 6 heteroatoms. The second-order valence-corrected chi connectivity index (χ2v) is 9.30. The Morgan fingerprint density at radius 1 is 1.33 bits per heavy atom. The molecule has 1 aromatic rings. The number of hydrogen-bond donors (Lipinski definition) is 1. The van der Waals surface area contributed by atoms with Crippen LogP contribution >= 0.6 is 0 Å². The number of likely N-dealkylation sites (tertiary alicyclic amines) is 1. The van der Waals surface area contributed by atoms with Gasteiger partial charge in [0.2, 0.25) is 0 Å². The molecule has 2 fully saturated rings. The lowest BCUT2D eigenvalue weighted by Crippen LogP contribution is -2.40. The van der Waals surface area contributed by atoms with E-state index in [0.717, 1.165) is 73.4 Å². The number of aromatic nitrogens is 2. The summed E-state index contributed by atoms with van der Waals surface area (Å²) < 4.78 is 1.93. The molecule has 0 unspecified atom stereocenters. The molecule has 0 spiro atoms. The Morgan fingerprint density at radius 2 is 1.97 bits per heavy atom. The standard InChI is InChI=1S/C24H37N5O/c1-8-19(22(25-6)26-24(5)11-12-24)21(16(2)3)23(30)29-13-9-18(10-14-29)20-15-17(4)28(7)27-20/h15,18,26H,6,8-14H2,1-5,7H3/b22-19-. The minimum absolute atomic E-state index is 0.0892. The van der Waals surface area contributed by atoms with E-state index in [0.29, 0.717) is 5.92 Å². The molecule has 2 heterocycles. The molecular formula is C24H37N5O. The van der Waals surface area contributed by atoms with Gasteiger partial charge in [-0.1, -0.05) is 12.5 Å². The molecule has 164 valence electrons. The Kier molecular flexibility index (Phi) is 6.53. The van der Waals surface area contributed by atoms with Gasteiger partial charge in [-0.05, 0) is 72.6 Å². The van der Waals surface area contributed by atoms with Crippen molar-refractivity contribution in [3.8, 4) is 0 Å². The van der Waals surface area contributed by atoms with Crippen molar-refractivity contribution in [2.45, 2.75) is 78.2 Å². The van der Waals surface area contributed by atoms with Gasteiger partial charge < -0.3 is 10.2 Å². The smallest absolute Gasteiger partial charge is 0.254 e. The van der Waals surface area contributed by atoms with Crippen molar-refractivity contribution in [2.24, 2.45) is 12.0 Å². The Hall–Kier alpha value is -2.37. The third-order valence-corrected chi connectivity index (χ3v) is 6.57. The van der Waals surface area contributed by atoms with Gasteiger partial charge in [-0.25, -0.2) is 4.99 Å². The summed E-state index contributed by atoms with van der Waals surface area (Å²) in [6.07, 6.45) is 4.90. The SMILES string of the molecule is C=N/C(NC1(C)CC1)=C(\CC)C(C(=O)N1CCC(c2cc(C)n(C)n2)CC1)=C(C)C. The van der Waals surface area contributed by atoms with Crippen molar-refractivity contribution in [3.63, 3.8) is 0 Å². The van der Waals surface area contributed by atoms with Crippen molar-refractivity contribution in [1.29, 1.82) is 0 Å². The summed E-state index contributed by atoms with van der Waals surface area (Å²) in [5.74, 6) is 1.31. The normalized spacial score (nSPS) is 19.2. The van der Waals surface area contributed by atoms with Gasteiger partial charge >= 0.3 is 0 Å². The molecule has 1 N–H and O–H groups in total. The fraction of sp³-hybridized carbons (Fsp3) is 0.625. The topological polar surface area (TPSA) is 62.5 Å². The Bertz CT molecular complexity index is 856. The molecule has 0 aromatic carbocycles. The fourth-order valence-corrected chi connectivity index (χ4v) is 4.24. The van der Waals surface area contributed by atoms with E-state index in [9.17, 15) is 4.79 Å². The van der Waals surface area contributed by atoms with Gasteiger partial charge in [-0.2, -0.15) is 5.10 Å². The van der Waals surface area contributed by atoms with Crippen LogP contribution in [0.1, 0.15) is 77.1 Å². The van der Waals surface area contributed by atoms with Gasteiger partial charge in [-0.3, -0.25) is 9.48 Å². The summed E-state index contributed by atoms with van der Waals surface area (Å²) >= 11 is 0. The van der Waals surface area contributed by atoms with Crippen LogP contribution in [0.5, 0.6) is 0 Å². The molecule has 2 aliphatic rings. The van der Waals surface area contributed by atoms with Crippen LogP contribution in [0.3, 0.4) is 0 Å². The zero-order valence-corrected chi connectivity index (χ0v) is 19.5. The molecule has 1 amide bonds. The van der Waals surface area contributed by atoms with Crippen LogP contribution in [0.4, 0.5) is 0 Å². The monoisotopic (exact) mass is 411 g/mol. The average molecular weight is 412 g/mol. The Balaban J connectivity index is 1.77. The number of nitrogens with zero attached hydrogens (tertiary/aromatic N) is 4. The number of carbonyl (C=O) groups excluding carboxylic acids is 1. The van der Waals surface area contributed by atoms with E-state index < -0.39 is 0 Å².